The maximum absolute atomic E-state index is 12.5. The van der Waals surface area contributed by atoms with Gasteiger partial charge in [-0.1, -0.05) is 24.3 Å². The predicted molar refractivity (Wildman–Crippen MR) is 98.4 cm³/mol. The van der Waals surface area contributed by atoms with Gasteiger partial charge in [0.2, 0.25) is 0 Å². The summed E-state index contributed by atoms with van der Waals surface area (Å²) < 4.78 is 5.90. The molecule has 2 heterocycles. The van der Waals surface area contributed by atoms with Crippen LogP contribution >= 0.6 is 0 Å². The lowest BCUT2D eigenvalue weighted by Gasteiger charge is -2.32. The van der Waals surface area contributed by atoms with Crippen LogP contribution in [0.25, 0.3) is 0 Å². The van der Waals surface area contributed by atoms with Crippen molar-refractivity contribution in [2.45, 2.75) is 32.5 Å². The Kier molecular flexibility index (Phi) is 5.96. The highest BCUT2D eigenvalue weighted by molar-refractivity contribution is 6.39. The van der Waals surface area contributed by atoms with Crippen LogP contribution in [0.4, 0.5) is 5.69 Å². The molecule has 0 aliphatic carbocycles. The van der Waals surface area contributed by atoms with Gasteiger partial charge in [-0.25, -0.2) is 0 Å². The van der Waals surface area contributed by atoms with Gasteiger partial charge in [-0.15, -0.1) is 0 Å². The van der Waals surface area contributed by atoms with E-state index in [-0.39, 0.29) is 6.10 Å². The molecule has 2 aromatic rings. The highest BCUT2D eigenvalue weighted by atomic mass is 16.5. The average Bonchev–Trinajstić information content (AvgIpc) is 2.68. The maximum atomic E-state index is 12.5. The number of carbonyl (C=O) groups excluding carboxylic acids is 2. The summed E-state index contributed by atoms with van der Waals surface area (Å²) in [7, 11) is 0. The molecule has 3 rings (SSSR count). The zero-order valence-electron chi connectivity index (χ0n) is 14.9. The fourth-order valence-corrected chi connectivity index (χ4v) is 2.99. The minimum Gasteiger partial charge on any atom is -0.372 e. The Hall–Kier alpha value is -2.73. The number of ether oxygens (including phenoxy) is 1. The molecule has 0 saturated carbocycles. The number of para-hydroxylation sites is 1. The predicted octanol–water partition coefficient (Wildman–Crippen LogP) is 2.54. The fraction of sp³-hybridized carbons (Fsp3) is 0.350. The van der Waals surface area contributed by atoms with Gasteiger partial charge in [0.1, 0.15) is 0 Å². The number of nitrogens with one attached hydrogen (secondary N) is 1. The molecule has 1 atom stereocenters. The molecule has 26 heavy (non-hydrogen) atoms. The van der Waals surface area contributed by atoms with E-state index >= 15 is 0 Å². The third kappa shape index (κ3) is 4.67. The van der Waals surface area contributed by atoms with Gasteiger partial charge in [0.05, 0.1) is 12.7 Å². The molecule has 1 N–H and O–H groups in total. The van der Waals surface area contributed by atoms with Crippen molar-refractivity contribution in [1.29, 1.82) is 0 Å². The molecule has 1 aliphatic heterocycles. The van der Waals surface area contributed by atoms with Crippen LogP contribution < -0.4 is 5.32 Å². The molecule has 0 bridgehead atoms. The molecule has 0 radical (unpaired) electrons. The smallest absolute Gasteiger partial charge is 0.313 e. The van der Waals surface area contributed by atoms with Crippen molar-refractivity contribution in [3.8, 4) is 0 Å². The van der Waals surface area contributed by atoms with Crippen LogP contribution in [-0.2, 0) is 20.9 Å². The summed E-state index contributed by atoms with van der Waals surface area (Å²) in [6.07, 6.45) is 5.11. The van der Waals surface area contributed by atoms with E-state index in [0.29, 0.717) is 25.4 Å². The summed E-state index contributed by atoms with van der Waals surface area (Å²) in [5, 5.41) is 2.70. The molecule has 1 aromatic heterocycles. The van der Waals surface area contributed by atoms with Crippen LogP contribution in [0.3, 0.4) is 0 Å². The molecular weight excluding hydrogens is 330 g/mol. The van der Waals surface area contributed by atoms with Crippen molar-refractivity contribution >= 4 is 17.5 Å². The Morgan fingerprint density at radius 1 is 1.27 bits per heavy atom. The number of rotatable bonds is 4. The van der Waals surface area contributed by atoms with Crippen molar-refractivity contribution in [1.82, 2.24) is 9.88 Å². The largest absolute Gasteiger partial charge is 0.372 e. The van der Waals surface area contributed by atoms with Crippen molar-refractivity contribution < 1.29 is 14.3 Å². The van der Waals surface area contributed by atoms with Gasteiger partial charge in [-0.2, -0.15) is 0 Å². The minimum absolute atomic E-state index is 0.0702. The maximum Gasteiger partial charge on any atom is 0.313 e. The number of likely N-dealkylation sites (tertiary alicyclic amines) is 1. The molecule has 1 aromatic carbocycles. The zero-order chi connectivity index (χ0) is 18.4. The molecule has 6 heteroatoms. The number of piperidine rings is 1. The fourth-order valence-electron chi connectivity index (χ4n) is 2.99. The number of amides is 2. The van der Waals surface area contributed by atoms with E-state index in [1.165, 1.54) is 0 Å². The van der Waals surface area contributed by atoms with Crippen molar-refractivity contribution in [2.24, 2.45) is 0 Å². The van der Waals surface area contributed by atoms with Gasteiger partial charge in [-0.05, 0) is 43.0 Å². The van der Waals surface area contributed by atoms with Crippen molar-refractivity contribution in [3.63, 3.8) is 0 Å². The van der Waals surface area contributed by atoms with Gasteiger partial charge >= 0.3 is 11.8 Å². The van der Waals surface area contributed by atoms with Crippen LogP contribution in [0.15, 0.2) is 48.8 Å². The molecule has 1 saturated heterocycles. The number of hydrogen-bond donors (Lipinski definition) is 1. The van der Waals surface area contributed by atoms with Gasteiger partial charge in [0, 0.05) is 31.2 Å². The summed E-state index contributed by atoms with van der Waals surface area (Å²) in [6, 6.07) is 11.2. The Morgan fingerprint density at radius 2 is 2.12 bits per heavy atom. The number of carbonyl (C=O) groups is 2. The summed E-state index contributed by atoms with van der Waals surface area (Å²) in [5.74, 6) is -1.12. The van der Waals surface area contributed by atoms with Crippen LogP contribution in [0.2, 0.25) is 0 Å². The Morgan fingerprint density at radius 3 is 2.88 bits per heavy atom. The quantitative estimate of drug-likeness (QED) is 0.858. The number of aryl methyl sites for hydroxylation is 1. The van der Waals surface area contributed by atoms with E-state index in [1.807, 2.05) is 37.3 Å². The number of benzene rings is 1. The van der Waals surface area contributed by atoms with Gasteiger partial charge in [0.25, 0.3) is 0 Å². The number of anilines is 1. The van der Waals surface area contributed by atoms with Crippen LogP contribution in [0.1, 0.15) is 24.0 Å². The molecular formula is C20H23N3O3. The summed E-state index contributed by atoms with van der Waals surface area (Å²) in [5.41, 5.74) is 2.57. The highest BCUT2D eigenvalue weighted by Crippen LogP contribution is 2.17. The van der Waals surface area contributed by atoms with Gasteiger partial charge in [-0.3, -0.25) is 14.6 Å². The number of pyridine rings is 1. The molecule has 0 unspecified atom stereocenters. The molecule has 136 valence electrons. The van der Waals surface area contributed by atoms with E-state index in [0.717, 1.165) is 24.0 Å². The second kappa shape index (κ2) is 8.58. The normalized spacial score (nSPS) is 17.0. The second-order valence-corrected chi connectivity index (χ2v) is 6.46. The first kappa shape index (κ1) is 18.1. The SMILES string of the molecule is Cc1ccccc1NC(=O)C(=O)N1CCC[C@H](OCc2cccnc2)C1. The third-order valence-corrected chi connectivity index (χ3v) is 4.46. The second-order valence-electron chi connectivity index (χ2n) is 6.46. The lowest BCUT2D eigenvalue weighted by atomic mass is 10.1. The highest BCUT2D eigenvalue weighted by Gasteiger charge is 2.28. The third-order valence-electron chi connectivity index (χ3n) is 4.46. The first-order valence-corrected chi connectivity index (χ1v) is 8.80. The average molecular weight is 353 g/mol. The number of hydrogen-bond acceptors (Lipinski definition) is 4. The van der Waals surface area contributed by atoms with E-state index in [2.05, 4.69) is 10.3 Å². The summed E-state index contributed by atoms with van der Waals surface area (Å²) in [6.45, 7) is 3.35. The first-order chi connectivity index (χ1) is 12.6. The molecule has 1 fully saturated rings. The van der Waals surface area contributed by atoms with E-state index in [1.54, 1.807) is 23.4 Å². The van der Waals surface area contributed by atoms with E-state index < -0.39 is 11.8 Å². The zero-order valence-corrected chi connectivity index (χ0v) is 14.9. The van der Waals surface area contributed by atoms with Crippen LogP contribution in [0, 0.1) is 6.92 Å². The molecule has 2 amide bonds. The number of nitrogens with zero attached hydrogens (tertiary/aromatic N) is 2. The first-order valence-electron chi connectivity index (χ1n) is 8.80. The Labute approximate surface area is 153 Å². The topological polar surface area (TPSA) is 71.5 Å². The standard InChI is InChI=1S/C20H23N3O3/c1-15-6-2-3-9-18(15)22-19(24)20(25)23-11-5-8-17(13-23)26-14-16-7-4-10-21-12-16/h2-4,6-7,9-10,12,17H,5,8,11,13-14H2,1H3,(H,22,24)/t17-/m0/s1. The molecule has 0 spiro atoms. The van der Waals surface area contributed by atoms with E-state index in [4.69, 9.17) is 4.74 Å². The molecule has 1 aliphatic rings. The van der Waals surface area contributed by atoms with Crippen LogP contribution in [-0.4, -0.2) is 40.9 Å². The summed E-state index contributed by atoms with van der Waals surface area (Å²) in [4.78, 5) is 30.4. The number of aromatic nitrogens is 1. The molecule has 6 nitrogen and oxygen atoms in total. The van der Waals surface area contributed by atoms with Crippen molar-refractivity contribution in [2.75, 3.05) is 18.4 Å². The minimum atomic E-state index is -0.604. The van der Waals surface area contributed by atoms with Crippen molar-refractivity contribution in [3.05, 3.63) is 59.9 Å². The van der Waals surface area contributed by atoms with Gasteiger partial charge < -0.3 is 15.0 Å². The summed E-state index contributed by atoms with van der Waals surface area (Å²) >= 11 is 0. The Bertz CT molecular complexity index is 764. The lowest BCUT2D eigenvalue weighted by molar-refractivity contribution is -0.146. The van der Waals surface area contributed by atoms with Crippen LogP contribution in [0.5, 0.6) is 0 Å². The van der Waals surface area contributed by atoms with Gasteiger partial charge in [0.15, 0.2) is 0 Å². The van der Waals surface area contributed by atoms with E-state index in [9.17, 15) is 9.59 Å². The Balaban J connectivity index is 1.54. The lowest BCUT2D eigenvalue weighted by Crippen LogP contribution is -2.47. The monoisotopic (exact) mass is 353 g/mol.